The topological polar surface area (TPSA) is 58.0 Å². The van der Waals surface area contributed by atoms with E-state index in [1.807, 2.05) is 20.0 Å². The van der Waals surface area contributed by atoms with E-state index in [1.54, 1.807) is 0 Å². The lowest BCUT2D eigenvalue weighted by Crippen LogP contribution is -2.37. The van der Waals surface area contributed by atoms with E-state index < -0.39 is 0 Å². The Bertz CT molecular complexity index is 500. The monoisotopic (exact) mass is 290 g/mol. The zero-order chi connectivity index (χ0) is 14.8. The first kappa shape index (κ1) is 14.4. The highest BCUT2D eigenvalue weighted by Crippen LogP contribution is 2.28. The van der Waals surface area contributed by atoms with Crippen LogP contribution in [0, 0.1) is 6.92 Å². The molecule has 2 aliphatic rings. The van der Waals surface area contributed by atoms with Crippen molar-refractivity contribution in [1.29, 1.82) is 0 Å². The van der Waals surface area contributed by atoms with Gasteiger partial charge in [0.25, 0.3) is 0 Å². The largest absolute Gasteiger partial charge is 0.465 e. The molecule has 1 aliphatic heterocycles. The summed E-state index contributed by atoms with van der Waals surface area (Å²) in [6, 6.07) is 4.92. The van der Waals surface area contributed by atoms with Crippen LogP contribution in [0.25, 0.3) is 0 Å². The Labute approximate surface area is 126 Å². The molecule has 0 aromatic carbocycles. The van der Waals surface area contributed by atoms with Crippen LogP contribution < -0.4 is 5.73 Å². The number of aryl methyl sites for hydroxylation is 1. The Morgan fingerprint density at radius 3 is 2.71 bits per heavy atom. The fraction of sp³-hybridized carbons (Fsp3) is 0.688. The van der Waals surface area contributed by atoms with Crippen molar-refractivity contribution in [3.8, 4) is 0 Å². The van der Waals surface area contributed by atoms with Crippen molar-refractivity contribution in [2.24, 2.45) is 10.7 Å². The molecule has 5 nitrogen and oxygen atoms in total. The van der Waals surface area contributed by atoms with E-state index in [-0.39, 0.29) is 6.04 Å². The molecule has 1 saturated heterocycles. The minimum atomic E-state index is 0.215. The molecule has 1 unspecified atom stereocenters. The third-order valence-electron chi connectivity index (χ3n) is 4.55. The van der Waals surface area contributed by atoms with E-state index in [9.17, 15) is 0 Å². The molecule has 2 N–H and O–H groups in total. The van der Waals surface area contributed by atoms with Gasteiger partial charge in [0, 0.05) is 13.1 Å². The number of furan rings is 1. The van der Waals surface area contributed by atoms with Gasteiger partial charge in [-0.25, -0.2) is 0 Å². The molecule has 116 valence electrons. The van der Waals surface area contributed by atoms with Crippen molar-refractivity contribution in [2.45, 2.75) is 44.7 Å². The fourth-order valence-electron chi connectivity index (χ4n) is 3.01. The molecule has 0 amide bonds. The Balaban J connectivity index is 1.71. The van der Waals surface area contributed by atoms with E-state index in [0.717, 1.165) is 24.6 Å². The second-order valence-corrected chi connectivity index (χ2v) is 6.25. The first-order chi connectivity index (χ1) is 10.1. The second-order valence-electron chi connectivity index (χ2n) is 6.25. The average molecular weight is 290 g/mol. The molecule has 2 fully saturated rings. The number of guanidine groups is 1. The maximum atomic E-state index is 6.12. The molecule has 0 spiro atoms. The highest BCUT2D eigenvalue weighted by atomic mass is 16.3. The Kier molecular flexibility index (Phi) is 4.19. The van der Waals surface area contributed by atoms with Crippen LogP contribution in [-0.4, -0.2) is 48.5 Å². The fourth-order valence-corrected chi connectivity index (χ4v) is 3.01. The first-order valence-corrected chi connectivity index (χ1v) is 7.98. The standard InChI is InChI=1S/C16H26N4O/c1-12-5-8-15(21-12)14(20-9-3-4-10-20)11-18-16(17)19(2)13-6-7-13/h5,8,13-14H,3-4,6-7,9-11H2,1-2H3,(H2,17,18). The summed E-state index contributed by atoms with van der Waals surface area (Å²) in [5.41, 5.74) is 6.12. The third kappa shape index (κ3) is 3.40. The van der Waals surface area contributed by atoms with Gasteiger partial charge in [-0.1, -0.05) is 0 Å². The molecule has 3 rings (SSSR count). The van der Waals surface area contributed by atoms with Crippen molar-refractivity contribution in [1.82, 2.24) is 9.80 Å². The maximum Gasteiger partial charge on any atom is 0.191 e. The van der Waals surface area contributed by atoms with E-state index in [1.165, 1.54) is 25.7 Å². The molecule has 1 atom stereocenters. The van der Waals surface area contributed by atoms with Gasteiger partial charge in [0.2, 0.25) is 0 Å². The number of rotatable bonds is 5. The summed E-state index contributed by atoms with van der Waals surface area (Å²) in [7, 11) is 2.04. The summed E-state index contributed by atoms with van der Waals surface area (Å²) in [5.74, 6) is 2.63. The van der Waals surface area contributed by atoms with Crippen molar-refractivity contribution in [3.05, 3.63) is 23.7 Å². The minimum Gasteiger partial charge on any atom is -0.465 e. The van der Waals surface area contributed by atoms with Gasteiger partial charge >= 0.3 is 0 Å². The van der Waals surface area contributed by atoms with Gasteiger partial charge in [-0.2, -0.15) is 0 Å². The molecule has 5 heteroatoms. The molecule has 1 aromatic heterocycles. The normalized spacial score (nSPS) is 21.7. The Morgan fingerprint density at radius 1 is 1.43 bits per heavy atom. The van der Waals surface area contributed by atoms with Gasteiger partial charge < -0.3 is 15.1 Å². The second kappa shape index (κ2) is 6.10. The van der Waals surface area contributed by atoms with Crippen molar-refractivity contribution < 1.29 is 4.42 Å². The van der Waals surface area contributed by atoms with Crippen molar-refractivity contribution in [2.75, 3.05) is 26.7 Å². The molecule has 21 heavy (non-hydrogen) atoms. The smallest absolute Gasteiger partial charge is 0.191 e. The zero-order valence-electron chi connectivity index (χ0n) is 13.1. The predicted molar refractivity (Wildman–Crippen MR) is 84.3 cm³/mol. The molecule has 1 saturated carbocycles. The molecule has 1 aromatic rings. The van der Waals surface area contributed by atoms with Crippen LogP contribution in [0.1, 0.15) is 43.2 Å². The van der Waals surface area contributed by atoms with Crippen molar-refractivity contribution >= 4 is 5.96 Å². The summed E-state index contributed by atoms with van der Waals surface area (Å²) in [6.07, 6.45) is 4.99. The summed E-state index contributed by atoms with van der Waals surface area (Å²) in [5, 5.41) is 0. The molecule has 1 aliphatic carbocycles. The summed E-state index contributed by atoms with van der Waals surface area (Å²) >= 11 is 0. The van der Waals surface area contributed by atoms with Crippen LogP contribution in [0.5, 0.6) is 0 Å². The zero-order valence-corrected chi connectivity index (χ0v) is 13.1. The highest BCUT2D eigenvalue weighted by molar-refractivity contribution is 5.78. The van der Waals surface area contributed by atoms with Crippen LogP contribution in [0.3, 0.4) is 0 Å². The number of hydrogen-bond acceptors (Lipinski definition) is 3. The molecule has 0 bridgehead atoms. The van der Waals surface area contributed by atoms with Crippen LogP contribution in [-0.2, 0) is 0 Å². The number of nitrogens with zero attached hydrogens (tertiary/aromatic N) is 3. The Hall–Kier alpha value is -1.49. The quantitative estimate of drug-likeness (QED) is 0.667. The Morgan fingerprint density at radius 2 is 2.14 bits per heavy atom. The molecule has 0 radical (unpaired) electrons. The van der Waals surface area contributed by atoms with E-state index in [4.69, 9.17) is 10.2 Å². The lowest BCUT2D eigenvalue weighted by Gasteiger charge is -2.25. The van der Waals surface area contributed by atoms with E-state index in [2.05, 4.69) is 20.9 Å². The van der Waals surface area contributed by atoms with Crippen LogP contribution >= 0.6 is 0 Å². The lowest BCUT2D eigenvalue weighted by molar-refractivity contribution is 0.219. The van der Waals surface area contributed by atoms with Crippen LogP contribution in [0.15, 0.2) is 21.5 Å². The summed E-state index contributed by atoms with van der Waals surface area (Å²) in [6.45, 7) is 4.91. The van der Waals surface area contributed by atoms with Crippen LogP contribution in [0.2, 0.25) is 0 Å². The lowest BCUT2D eigenvalue weighted by atomic mass is 10.2. The summed E-state index contributed by atoms with van der Waals surface area (Å²) in [4.78, 5) is 9.20. The number of nitrogens with two attached hydrogens (primary N) is 1. The predicted octanol–water partition coefficient (Wildman–Crippen LogP) is 2.13. The van der Waals surface area contributed by atoms with Gasteiger partial charge in [0.1, 0.15) is 11.5 Å². The molecular weight excluding hydrogens is 264 g/mol. The molecule has 2 heterocycles. The molecular formula is C16H26N4O. The number of aliphatic imine (C=N–C) groups is 1. The maximum absolute atomic E-state index is 6.12. The van der Waals surface area contributed by atoms with Gasteiger partial charge in [-0.3, -0.25) is 9.89 Å². The highest BCUT2D eigenvalue weighted by Gasteiger charge is 2.29. The van der Waals surface area contributed by atoms with Gasteiger partial charge in [-0.05, 0) is 57.8 Å². The van der Waals surface area contributed by atoms with Gasteiger partial charge in [-0.15, -0.1) is 0 Å². The number of hydrogen-bond donors (Lipinski definition) is 1. The first-order valence-electron chi connectivity index (χ1n) is 7.98. The van der Waals surface area contributed by atoms with Gasteiger partial charge in [0.05, 0.1) is 12.6 Å². The summed E-state index contributed by atoms with van der Waals surface area (Å²) < 4.78 is 5.85. The number of likely N-dealkylation sites (tertiary alicyclic amines) is 1. The van der Waals surface area contributed by atoms with Crippen molar-refractivity contribution in [3.63, 3.8) is 0 Å². The van der Waals surface area contributed by atoms with E-state index in [0.29, 0.717) is 18.5 Å². The van der Waals surface area contributed by atoms with E-state index >= 15 is 0 Å². The third-order valence-corrected chi connectivity index (χ3v) is 4.55. The average Bonchev–Trinajstić information content (AvgIpc) is 3.01. The van der Waals surface area contributed by atoms with Gasteiger partial charge in [0.15, 0.2) is 5.96 Å². The minimum absolute atomic E-state index is 0.215. The van der Waals surface area contributed by atoms with Crippen LogP contribution in [0.4, 0.5) is 0 Å². The SMILES string of the molecule is Cc1ccc(C(CN=C(N)N(C)C2CC2)N2CCCC2)o1.